The Balaban J connectivity index is 2.15. The number of alkyl halides is 3. The fraction of sp³-hybridized carbons (Fsp3) is 0.400. The van der Waals surface area contributed by atoms with Gasteiger partial charge < -0.3 is 4.90 Å². The molecule has 3 rings (SSSR count). The van der Waals surface area contributed by atoms with Crippen LogP contribution in [0.3, 0.4) is 0 Å². The summed E-state index contributed by atoms with van der Waals surface area (Å²) in [5.41, 5.74) is -0.940. The molecule has 122 valence electrons. The molecule has 0 bridgehead atoms. The zero-order valence-electron chi connectivity index (χ0n) is 12.8. The van der Waals surface area contributed by atoms with E-state index in [2.05, 4.69) is 10.2 Å². The van der Waals surface area contributed by atoms with Crippen molar-refractivity contribution in [2.24, 2.45) is 7.05 Å². The van der Waals surface area contributed by atoms with E-state index >= 15 is 0 Å². The second-order valence-electron chi connectivity index (χ2n) is 6.19. The van der Waals surface area contributed by atoms with Gasteiger partial charge in [0.15, 0.2) is 5.69 Å². The SMILES string of the molecule is Cn1ncc(C(=O)N2CC(C)(C)c3cccc(C(F)(F)F)c32)n1. The minimum absolute atomic E-state index is 0.0214. The first-order valence-electron chi connectivity index (χ1n) is 7.00. The summed E-state index contributed by atoms with van der Waals surface area (Å²) in [4.78, 5) is 15.0. The molecule has 1 aromatic heterocycles. The van der Waals surface area contributed by atoms with Gasteiger partial charge in [-0.3, -0.25) is 4.79 Å². The van der Waals surface area contributed by atoms with Gasteiger partial charge in [-0.05, 0) is 11.6 Å². The van der Waals surface area contributed by atoms with Crippen LogP contribution in [-0.2, 0) is 18.6 Å². The summed E-state index contributed by atoms with van der Waals surface area (Å²) in [5.74, 6) is -0.582. The van der Waals surface area contributed by atoms with E-state index in [4.69, 9.17) is 0 Å². The zero-order valence-corrected chi connectivity index (χ0v) is 12.8. The van der Waals surface area contributed by atoms with E-state index in [0.717, 1.165) is 11.0 Å². The van der Waals surface area contributed by atoms with Crippen LogP contribution in [0, 0.1) is 0 Å². The molecule has 8 heteroatoms. The topological polar surface area (TPSA) is 51.0 Å². The van der Waals surface area contributed by atoms with Crippen LogP contribution < -0.4 is 4.90 Å². The number of fused-ring (bicyclic) bond motifs is 1. The summed E-state index contributed by atoms with van der Waals surface area (Å²) in [7, 11) is 1.54. The number of anilines is 1. The molecule has 5 nitrogen and oxygen atoms in total. The molecule has 0 spiro atoms. The lowest BCUT2D eigenvalue weighted by atomic mass is 9.86. The average molecular weight is 324 g/mol. The second-order valence-corrected chi connectivity index (χ2v) is 6.19. The summed E-state index contributed by atoms with van der Waals surface area (Å²) in [5, 5.41) is 7.71. The Bertz CT molecular complexity index is 779. The predicted octanol–water partition coefficient (Wildman–Crippen LogP) is 2.77. The van der Waals surface area contributed by atoms with Gasteiger partial charge in [0.1, 0.15) is 0 Å². The van der Waals surface area contributed by atoms with Crippen molar-refractivity contribution in [1.82, 2.24) is 15.0 Å². The molecule has 0 radical (unpaired) electrons. The Morgan fingerprint density at radius 3 is 2.57 bits per heavy atom. The molecule has 23 heavy (non-hydrogen) atoms. The van der Waals surface area contributed by atoms with E-state index in [9.17, 15) is 18.0 Å². The van der Waals surface area contributed by atoms with Gasteiger partial charge in [0.25, 0.3) is 5.91 Å². The Morgan fingerprint density at radius 1 is 1.30 bits per heavy atom. The fourth-order valence-corrected chi connectivity index (χ4v) is 2.92. The third-order valence-corrected chi connectivity index (χ3v) is 3.96. The van der Waals surface area contributed by atoms with Crippen molar-refractivity contribution in [2.45, 2.75) is 25.4 Å². The molecule has 0 atom stereocenters. The largest absolute Gasteiger partial charge is 0.418 e. The highest BCUT2D eigenvalue weighted by molar-refractivity contribution is 6.07. The lowest BCUT2D eigenvalue weighted by Gasteiger charge is -2.21. The number of rotatable bonds is 1. The van der Waals surface area contributed by atoms with Crippen LogP contribution in [0.1, 0.15) is 35.5 Å². The smallest absolute Gasteiger partial charge is 0.305 e. The first-order chi connectivity index (χ1) is 10.6. The number of hydrogen-bond acceptors (Lipinski definition) is 3. The van der Waals surface area contributed by atoms with E-state index in [1.165, 1.54) is 17.1 Å². The Kier molecular flexibility index (Phi) is 3.24. The maximum absolute atomic E-state index is 13.4. The second kappa shape index (κ2) is 4.81. The summed E-state index contributed by atoms with van der Waals surface area (Å²) in [6.45, 7) is 3.79. The van der Waals surface area contributed by atoms with Crippen LogP contribution in [0.5, 0.6) is 0 Å². The van der Waals surface area contributed by atoms with E-state index in [-0.39, 0.29) is 17.9 Å². The summed E-state index contributed by atoms with van der Waals surface area (Å²) in [6, 6.07) is 4.01. The Morgan fingerprint density at radius 2 is 2.00 bits per heavy atom. The number of para-hydroxylation sites is 1. The molecular weight excluding hydrogens is 309 g/mol. The molecule has 0 fully saturated rings. The summed E-state index contributed by atoms with van der Waals surface area (Å²) < 4.78 is 40.1. The first-order valence-corrected chi connectivity index (χ1v) is 7.00. The number of aromatic nitrogens is 3. The molecule has 0 aliphatic carbocycles. The summed E-state index contributed by atoms with van der Waals surface area (Å²) >= 11 is 0. The van der Waals surface area contributed by atoms with Crippen molar-refractivity contribution in [2.75, 3.05) is 11.4 Å². The molecule has 0 N–H and O–H groups in total. The number of aryl methyl sites for hydroxylation is 1. The van der Waals surface area contributed by atoms with Gasteiger partial charge in [0, 0.05) is 19.0 Å². The molecule has 2 heterocycles. The minimum atomic E-state index is -4.54. The number of nitrogens with zero attached hydrogens (tertiary/aromatic N) is 4. The van der Waals surface area contributed by atoms with Gasteiger partial charge >= 0.3 is 6.18 Å². The number of carbonyl (C=O) groups is 1. The highest BCUT2D eigenvalue weighted by Crippen LogP contribution is 2.47. The Hall–Kier alpha value is -2.38. The molecule has 1 amide bonds. The normalized spacial score (nSPS) is 16.5. The van der Waals surface area contributed by atoms with Crippen molar-refractivity contribution in [1.29, 1.82) is 0 Å². The van der Waals surface area contributed by atoms with Gasteiger partial charge in [-0.25, -0.2) is 0 Å². The van der Waals surface area contributed by atoms with Crippen LogP contribution >= 0.6 is 0 Å². The standard InChI is InChI=1S/C15H15F3N4O/c1-14(2)8-22(13(23)11-7-19-21(3)20-11)12-9(14)5-4-6-10(12)15(16,17)18/h4-7H,8H2,1-3H3. The van der Waals surface area contributed by atoms with Gasteiger partial charge in [-0.2, -0.15) is 23.1 Å². The zero-order chi connectivity index (χ0) is 17.0. The molecule has 0 unspecified atom stereocenters. The molecule has 0 saturated carbocycles. The number of benzene rings is 1. The number of carbonyl (C=O) groups excluding carboxylic acids is 1. The molecule has 2 aromatic rings. The van der Waals surface area contributed by atoms with E-state index in [0.29, 0.717) is 5.56 Å². The van der Waals surface area contributed by atoms with Crippen molar-refractivity contribution in [3.63, 3.8) is 0 Å². The molecule has 0 saturated heterocycles. The van der Waals surface area contributed by atoms with Crippen LogP contribution in [0.2, 0.25) is 0 Å². The summed E-state index contributed by atoms with van der Waals surface area (Å²) in [6.07, 6.45) is -3.28. The van der Waals surface area contributed by atoms with E-state index < -0.39 is 23.1 Å². The molecule has 1 aliphatic rings. The van der Waals surface area contributed by atoms with E-state index in [1.807, 2.05) is 13.8 Å². The van der Waals surface area contributed by atoms with Gasteiger partial charge in [-0.15, -0.1) is 5.10 Å². The molecular formula is C15H15F3N4O. The third-order valence-electron chi connectivity index (χ3n) is 3.96. The minimum Gasteiger partial charge on any atom is -0.305 e. The fourth-order valence-electron chi connectivity index (χ4n) is 2.92. The Labute approximate surface area is 130 Å². The third kappa shape index (κ3) is 2.47. The lowest BCUT2D eigenvalue weighted by Crippen LogP contribution is -2.35. The van der Waals surface area contributed by atoms with Gasteiger partial charge in [0.05, 0.1) is 17.4 Å². The van der Waals surface area contributed by atoms with Crippen LogP contribution in [0.25, 0.3) is 0 Å². The highest BCUT2D eigenvalue weighted by atomic mass is 19.4. The average Bonchev–Trinajstić information content (AvgIpc) is 2.99. The van der Waals surface area contributed by atoms with Gasteiger partial charge in [-0.1, -0.05) is 26.0 Å². The quantitative estimate of drug-likeness (QED) is 0.810. The first kappa shape index (κ1) is 15.5. The van der Waals surface area contributed by atoms with Crippen LogP contribution in [-0.4, -0.2) is 27.4 Å². The molecule has 1 aliphatic heterocycles. The predicted molar refractivity (Wildman–Crippen MR) is 77.1 cm³/mol. The van der Waals surface area contributed by atoms with Gasteiger partial charge in [0.2, 0.25) is 0 Å². The van der Waals surface area contributed by atoms with Crippen LogP contribution in [0.15, 0.2) is 24.4 Å². The number of hydrogen-bond donors (Lipinski definition) is 0. The maximum Gasteiger partial charge on any atom is 0.418 e. The van der Waals surface area contributed by atoms with Crippen molar-refractivity contribution < 1.29 is 18.0 Å². The number of halogens is 3. The van der Waals surface area contributed by atoms with Crippen molar-refractivity contribution in [3.05, 3.63) is 41.2 Å². The lowest BCUT2D eigenvalue weighted by molar-refractivity contribution is -0.137. The maximum atomic E-state index is 13.4. The van der Waals surface area contributed by atoms with Crippen molar-refractivity contribution >= 4 is 11.6 Å². The monoisotopic (exact) mass is 324 g/mol. The van der Waals surface area contributed by atoms with Crippen molar-refractivity contribution in [3.8, 4) is 0 Å². The van der Waals surface area contributed by atoms with Crippen LogP contribution in [0.4, 0.5) is 18.9 Å². The van der Waals surface area contributed by atoms with E-state index in [1.54, 1.807) is 13.1 Å². The molecule has 1 aromatic carbocycles. The number of amides is 1. The highest BCUT2D eigenvalue weighted by Gasteiger charge is 2.45.